The molecule has 4 aromatic rings. The summed E-state index contributed by atoms with van der Waals surface area (Å²) in [5.74, 6) is 1.16. The molecule has 5 rings (SSSR count). The lowest BCUT2D eigenvalue weighted by Crippen LogP contribution is -2.45. The quantitative estimate of drug-likeness (QED) is 0.310. The predicted molar refractivity (Wildman–Crippen MR) is 152 cm³/mol. The van der Waals surface area contributed by atoms with E-state index >= 15 is 0 Å². The van der Waals surface area contributed by atoms with Crippen molar-refractivity contribution in [2.24, 2.45) is 7.05 Å². The molecule has 12 nitrogen and oxygen atoms in total. The normalized spacial score (nSPS) is 12.9. The van der Waals surface area contributed by atoms with Crippen molar-refractivity contribution in [3.8, 4) is 0 Å². The maximum atomic E-state index is 14.0. The Morgan fingerprint density at radius 3 is 2.67 bits per heavy atom. The van der Waals surface area contributed by atoms with Crippen LogP contribution in [0.4, 0.5) is 33.8 Å². The zero-order valence-corrected chi connectivity index (χ0v) is 22.8. The molecule has 3 heterocycles. The fourth-order valence-corrected chi connectivity index (χ4v) is 4.45. The third kappa shape index (κ3) is 6.41. The van der Waals surface area contributed by atoms with Crippen LogP contribution in [-0.4, -0.2) is 67.3 Å². The van der Waals surface area contributed by atoms with Gasteiger partial charge in [-0.15, -0.1) is 5.10 Å². The van der Waals surface area contributed by atoms with Gasteiger partial charge in [-0.2, -0.15) is 4.98 Å². The van der Waals surface area contributed by atoms with E-state index in [1.54, 1.807) is 40.0 Å². The number of carbonyl (C=O) groups is 2. The van der Waals surface area contributed by atoms with Gasteiger partial charge in [0.1, 0.15) is 0 Å². The molecule has 0 fully saturated rings. The molecule has 2 aromatic heterocycles. The van der Waals surface area contributed by atoms with E-state index in [0.29, 0.717) is 48.5 Å². The molecule has 40 heavy (non-hydrogen) atoms. The molecular formula is C28H32N10O2. The zero-order valence-electron chi connectivity index (χ0n) is 22.8. The molecule has 0 unspecified atom stereocenters. The standard InChI is InChI=1S/C28H32N10O2/c1-35(2)14-8-13-25(39)30-22-11-7-12-23(15-22)38-26-21(16-29-27(32-26)31-24-19-36(3)34-33-24)18-37(28(38)40)17-20-9-5-4-6-10-20/h4-7,9-12,15-16,19H,8,13-14,17-18H2,1-3H3,(H,30,39)(H,29,31,32). The van der Waals surface area contributed by atoms with E-state index in [9.17, 15) is 9.59 Å². The molecular weight excluding hydrogens is 508 g/mol. The second kappa shape index (κ2) is 11.9. The van der Waals surface area contributed by atoms with Crippen LogP contribution in [0.5, 0.6) is 0 Å². The van der Waals surface area contributed by atoms with Crippen molar-refractivity contribution in [2.75, 3.05) is 36.2 Å². The van der Waals surface area contributed by atoms with Crippen molar-refractivity contribution in [1.29, 1.82) is 0 Å². The van der Waals surface area contributed by atoms with Crippen LogP contribution in [0.3, 0.4) is 0 Å². The van der Waals surface area contributed by atoms with Crippen LogP contribution in [-0.2, 0) is 24.9 Å². The Kier molecular flexibility index (Phi) is 7.97. The fourth-order valence-electron chi connectivity index (χ4n) is 4.45. The van der Waals surface area contributed by atoms with Crippen molar-refractivity contribution < 1.29 is 9.59 Å². The average Bonchev–Trinajstić information content (AvgIpc) is 3.34. The third-order valence-corrected chi connectivity index (χ3v) is 6.33. The van der Waals surface area contributed by atoms with Gasteiger partial charge in [-0.1, -0.05) is 41.6 Å². The summed E-state index contributed by atoms with van der Waals surface area (Å²) in [6, 6.07) is 16.8. The highest BCUT2D eigenvalue weighted by Crippen LogP contribution is 2.35. The number of nitrogens with one attached hydrogen (secondary N) is 2. The lowest BCUT2D eigenvalue weighted by atomic mass is 10.1. The molecule has 2 aromatic carbocycles. The van der Waals surface area contributed by atoms with Crippen LogP contribution < -0.4 is 15.5 Å². The minimum absolute atomic E-state index is 0.0761. The summed E-state index contributed by atoms with van der Waals surface area (Å²) in [7, 11) is 5.73. The number of fused-ring (bicyclic) bond motifs is 1. The van der Waals surface area contributed by atoms with Gasteiger partial charge in [-0.25, -0.2) is 14.7 Å². The van der Waals surface area contributed by atoms with Gasteiger partial charge in [0.05, 0.1) is 18.4 Å². The van der Waals surface area contributed by atoms with E-state index in [-0.39, 0.29) is 11.9 Å². The summed E-state index contributed by atoms with van der Waals surface area (Å²) in [6.07, 6.45) is 4.58. The largest absolute Gasteiger partial charge is 0.330 e. The van der Waals surface area contributed by atoms with Crippen LogP contribution in [0.15, 0.2) is 67.0 Å². The van der Waals surface area contributed by atoms with Crippen molar-refractivity contribution in [1.82, 2.24) is 34.8 Å². The number of hydrogen-bond donors (Lipinski definition) is 2. The monoisotopic (exact) mass is 540 g/mol. The molecule has 0 bridgehead atoms. The second-order valence-corrected chi connectivity index (χ2v) is 9.91. The highest BCUT2D eigenvalue weighted by molar-refractivity contribution is 6.01. The first-order chi connectivity index (χ1) is 19.4. The molecule has 1 aliphatic heterocycles. The van der Waals surface area contributed by atoms with Crippen molar-refractivity contribution >= 4 is 40.9 Å². The molecule has 0 saturated carbocycles. The molecule has 12 heteroatoms. The van der Waals surface area contributed by atoms with Gasteiger partial charge < -0.3 is 20.4 Å². The Balaban J connectivity index is 1.45. The molecule has 0 radical (unpaired) electrons. The van der Waals surface area contributed by atoms with Gasteiger partial charge in [-0.05, 0) is 50.8 Å². The van der Waals surface area contributed by atoms with E-state index < -0.39 is 0 Å². The molecule has 0 aliphatic carbocycles. The topological polar surface area (TPSA) is 124 Å². The summed E-state index contributed by atoms with van der Waals surface area (Å²) >= 11 is 0. The van der Waals surface area contributed by atoms with Crippen LogP contribution >= 0.6 is 0 Å². The van der Waals surface area contributed by atoms with Crippen molar-refractivity contribution in [3.05, 3.63) is 78.1 Å². The number of nitrogens with zero attached hydrogens (tertiary/aromatic N) is 8. The number of benzene rings is 2. The first kappa shape index (κ1) is 26.8. The maximum Gasteiger partial charge on any atom is 0.330 e. The Labute approximate surface area is 232 Å². The number of aromatic nitrogens is 5. The summed E-state index contributed by atoms with van der Waals surface area (Å²) < 4.78 is 1.57. The van der Waals surface area contributed by atoms with Gasteiger partial charge in [0.2, 0.25) is 11.9 Å². The lowest BCUT2D eigenvalue weighted by molar-refractivity contribution is -0.116. The summed E-state index contributed by atoms with van der Waals surface area (Å²) in [5, 5.41) is 14.0. The molecule has 0 saturated heterocycles. The molecule has 1 aliphatic rings. The SMILES string of the molecule is CN(C)CCCC(=O)Nc1cccc(N2C(=O)N(Cc3ccccc3)Cc3cnc(Nc4cn(C)nn4)nc32)c1. The highest BCUT2D eigenvalue weighted by atomic mass is 16.2. The molecule has 0 spiro atoms. The van der Waals surface area contributed by atoms with Crippen LogP contribution in [0.25, 0.3) is 0 Å². The van der Waals surface area contributed by atoms with Gasteiger partial charge >= 0.3 is 6.03 Å². The smallest absolute Gasteiger partial charge is 0.326 e. The fraction of sp³-hybridized carbons (Fsp3) is 0.286. The highest BCUT2D eigenvalue weighted by Gasteiger charge is 2.33. The minimum atomic E-state index is -0.227. The number of amides is 3. The molecule has 3 amide bonds. The van der Waals surface area contributed by atoms with E-state index in [4.69, 9.17) is 4.98 Å². The van der Waals surface area contributed by atoms with Gasteiger partial charge in [-0.3, -0.25) is 9.48 Å². The summed E-state index contributed by atoms with van der Waals surface area (Å²) in [4.78, 5) is 41.0. The number of aryl methyl sites for hydroxylation is 1. The number of carbonyl (C=O) groups excluding carboxylic acids is 2. The average molecular weight is 541 g/mol. The molecule has 2 N–H and O–H groups in total. The Bertz CT molecular complexity index is 1490. The van der Waals surface area contributed by atoms with Gasteiger partial charge in [0, 0.05) is 37.5 Å². The van der Waals surface area contributed by atoms with Gasteiger partial charge in [0.15, 0.2) is 11.6 Å². The Morgan fingerprint density at radius 2 is 1.93 bits per heavy atom. The maximum absolute atomic E-state index is 14.0. The summed E-state index contributed by atoms with van der Waals surface area (Å²) in [5.41, 5.74) is 2.99. The second-order valence-electron chi connectivity index (χ2n) is 9.91. The van der Waals surface area contributed by atoms with E-state index in [1.165, 1.54) is 0 Å². The van der Waals surface area contributed by atoms with Crippen molar-refractivity contribution in [2.45, 2.75) is 25.9 Å². The minimum Gasteiger partial charge on any atom is -0.326 e. The van der Waals surface area contributed by atoms with Crippen LogP contribution in [0, 0.1) is 0 Å². The number of rotatable bonds is 10. The number of hydrogen-bond acceptors (Lipinski definition) is 8. The first-order valence-electron chi connectivity index (χ1n) is 13.0. The first-order valence-corrected chi connectivity index (χ1v) is 13.0. The molecule has 206 valence electrons. The van der Waals surface area contributed by atoms with Crippen LogP contribution in [0.2, 0.25) is 0 Å². The Hall–Kier alpha value is -4.84. The number of anilines is 5. The Morgan fingerprint density at radius 1 is 1.10 bits per heavy atom. The predicted octanol–water partition coefficient (Wildman–Crippen LogP) is 3.90. The van der Waals surface area contributed by atoms with E-state index in [2.05, 4.69) is 25.9 Å². The zero-order chi connectivity index (χ0) is 28.1. The van der Waals surface area contributed by atoms with E-state index in [1.807, 2.05) is 67.5 Å². The van der Waals surface area contributed by atoms with Crippen LogP contribution in [0.1, 0.15) is 24.0 Å². The van der Waals surface area contributed by atoms with Gasteiger partial charge in [0.25, 0.3) is 0 Å². The molecule has 0 atom stereocenters. The lowest BCUT2D eigenvalue weighted by Gasteiger charge is -2.36. The third-order valence-electron chi connectivity index (χ3n) is 6.33. The van der Waals surface area contributed by atoms with Crippen molar-refractivity contribution in [3.63, 3.8) is 0 Å². The summed E-state index contributed by atoms with van der Waals surface area (Å²) in [6.45, 7) is 1.61. The number of urea groups is 1. The van der Waals surface area contributed by atoms with E-state index in [0.717, 1.165) is 24.1 Å².